The number of halogens is 4. The van der Waals surface area contributed by atoms with Crippen molar-refractivity contribution >= 4 is 69.8 Å². The summed E-state index contributed by atoms with van der Waals surface area (Å²) in [5.41, 5.74) is 0.995. The summed E-state index contributed by atoms with van der Waals surface area (Å²) in [6.07, 6.45) is 0. The molecule has 0 bridgehead atoms. The van der Waals surface area contributed by atoms with E-state index in [0.29, 0.717) is 27.2 Å². The predicted molar refractivity (Wildman–Crippen MR) is 106 cm³/mol. The van der Waals surface area contributed by atoms with Crippen molar-refractivity contribution in [2.75, 3.05) is 11.1 Å². The number of hydrogen-bond donors (Lipinski definition) is 1. The Morgan fingerprint density at radius 1 is 1.04 bits per heavy atom. The Morgan fingerprint density at radius 3 is 2.46 bits per heavy atom. The summed E-state index contributed by atoms with van der Waals surface area (Å²) in [5.74, 6) is 0.0229. The van der Waals surface area contributed by atoms with Gasteiger partial charge in [0.05, 0.1) is 21.5 Å². The second-order valence-corrected chi connectivity index (χ2v) is 7.58. The number of nitrogens with zero attached hydrogens (tertiary/aromatic N) is 2. The zero-order valence-electron chi connectivity index (χ0n) is 12.8. The standard InChI is InChI=1S/C16H9Cl4N3O2S/c17-9-3-1-2-8(4-9)15-22-23-16(25-15)26-7-13(24)21-14-11(19)5-10(18)6-12(14)20/h1-6H,7H2,(H,21,24). The van der Waals surface area contributed by atoms with Gasteiger partial charge in [0, 0.05) is 15.6 Å². The highest BCUT2D eigenvalue weighted by Crippen LogP contribution is 2.34. The Kier molecular flexibility index (Phi) is 6.32. The van der Waals surface area contributed by atoms with Crippen LogP contribution in [0, 0.1) is 0 Å². The van der Waals surface area contributed by atoms with Gasteiger partial charge in [-0.05, 0) is 30.3 Å². The third-order valence-electron chi connectivity index (χ3n) is 3.08. The molecule has 0 spiro atoms. The van der Waals surface area contributed by atoms with Crippen LogP contribution in [0.15, 0.2) is 46.0 Å². The number of benzene rings is 2. The summed E-state index contributed by atoms with van der Waals surface area (Å²) in [5, 5.41) is 12.2. The van der Waals surface area contributed by atoms with Crippen LogP contribution >= 0.6 is 58.2 Å². The van der Waals surface area contributed by atoms with E-state index in [1.54, 1.807) is 24.3 Å². The van der Waals surface area contributed by atoms with Crippen molar-refractivity contribution in [3.63, 3.8) is 0 Å². The van der Waals surface area contributed by atoms with Crippen molar-refractivity contribution in [2.24, 2.45) is 0 Å². The van der Waals surface area contributed by atoms with Gasteiger partial charge in [-0.2, -0.15) is 0 Å². The average Bonchev–Trinajstić information content (AvgIpc) is 3.05. The van der Waals surface area contributed by atoms with Gasteiger partial charge in [0.15, 0.2) is 0 Å². The first-order valence-electron chi connectivity index (χ1n) is 7.09. The van der Waals surface area contributed by atoms with Crippen LogP contribution in [0.2, 0.25) is 20.1 Å². The first-order chi connectivity index (χ1) is 12.4. The van der Waals surface area contributed by atoms with Crippen molar-refractivity contribution in [1.29, 1.82) is 0 Å². The fraction of sp³-hybridized carbons (Fsp3) is 0.0625. The normalized spacial score (nSPS) is 10.8. The Hall–Kier alpha value is -1.44. The Morgan fingerprint density at radius 2 is 1.77 bits per heavy atom. The van der Waals surface area contributed by atoms with E-state index in [-0.39, 0.29) is 26.9 Å². The molecule has 1 N–H and O–H groups in total. The number of thioether (sulfide) groups is 1. The lowest BCUT2D eigenvalue weighted by atomic mass is 10.2. The molecule has 0 unspecified atom stereocenters. The number of anilines is 1. The maximum Gasteiger partial charge on any atom is 0.277 e. The molecule has 5 nitrogen and oxygen atoms in total. The summed E-state index contributed by atoms with van der Waals surface area (Å²) < 4.78 is 5.52. The molecular weight excluding hydrogens is 440 g/mol. The third-order valence-corrected chi connectivity index (χ3v) is 4.94. The van der Waals surface area contributed by atoms with Gasteiger partial charge < -0.3 is 9.73 Å². The fourth-order valence-corrected chi connectivity index (χ4v) is 3.64. The van der Waals surface area contributed by atoms with Gasteiger partial charge >= 0.3 is 0 Å². The third kappa shape index (κ3) is 4.84. The fourth-order valence-electron chi connectivity index (χ4n) is 1.97. The molecule has 1 aromatic heterocycles. The van der Waals surface area contributed by atoms with E-state index in [9.17, 15) is 4.79 Å². The van der Waals surface area contributed by atoms with Crippen LogP contribution in [-0.2, 0) is 4.79 Å². The lowest BCUT2D eigenvalue weighted by molar-refractivity contribution is -0.113. The van der Waals surface area contributed by atoms with E-state index in [2.05, 4.69) is 15.5 Å². The molecule has 0 fully saturated rings. The van der Waals surface area contributed by atoms with Crippen molar-refractivity contribution in [3.05, 3.63) is 56.5 Å². The summed E-state index contributed by atoms with van der Waals surface area (Å²) >= 11 is 24.9. The van der Waals surface area contributed by atoms with E-state index in [0.717, 1.165) is 11.8 Å². The molecule has 3 aromatic rings. The maximum atomic E-state index is 12.1. The predicted octanol–water partition coefficient (Wildman–Crippen LogP) is 6.08. The minimum atomic E-state index is -0.330. The molecule has 0 saturated carbocycles. The van der Waals surface area contributed by atoms with Gasteiger partial charge in [-0.25, -0.2) is 0 Å². The number of rotatable bonds is 5. The number of hydrogen-bond acceptors (Lipinski definition) is 5. The highest BCUT2D eigenvalue weighted by molar-refractivity contribution is 7.99. The molecule has 2 aromatic carbocycles. The molecule has 1 heterocycles. The Labute approximate surface area is 173 Å². The first kappa shape index (κ1) is 19.3. The van der Waals surface area contributed by atoms with Gasteiger partial charge in [-0.3, -0.25) is 4.79 Å². The molecular formula is C16H9Cl4N3O2S. The van der Waals surface area contributed by atoms with Crippen LogP contribution in [0.1, 0.15) is 0 Å². The molecule has 10 heteroatoms. The second-order valence-electron chi connectivity index (χ2n) is 4.96. The van der Waals surface area contributed by atoms with Crippen molar-refractivity contribution < 1.29 is 9.21 Å². The highest BCUT2D eigenvalue weighted by Gasteiger charge is 2.14. The summed E-state index contributed by atoms with van der Waals surface area (Å²) in [7, 11) is 0. The van der Waals surface area contributed by atoms with E-state index < -0.39 is 0 Å². The number of aromatic nitrogens is 2. The Balaban J connectivity index is 1.62. The molecule has 1 amide bonds. The van der Waals surface area contributed by atoms with Crippen LogP contribution in [0.25, 0.3) is 11.5 Å². The number of carbonyl (C=O) groups excluding carboxylic acids is 1. The molecule has 0 saturated heterocycles. The van der Waals surface area contributed by atoms with Gasteiger partial charge in [-0.1, -0.05) is 64.2 Å². The van der Waals surface area contributed by atoms with Crippen molar-refractivity contribution in [3.8, 4) is 11.5 Å². The lowest BCUT2D eigenvalue weighted by Gasteiger charge is -2.09. The Bertz CT molecular complexity index is 941. The molecule has 0 aliphatic rings. The van der Waals surface area contributed by atoms with Crippen LogP contribution < -0.4 is 5.32 Å². The quantitative estimate of drug-likeness (QED) is 0.479. The van der Waals surface area contributed by atoms with Crippen LogP contribution in [0.5, 0.6) is 0 Å². The molecule has 3 rings (SSSR count). The number of amides is 1. The van der Waals surface area contributed by atoms with Gasteiger partial charge in [-0.15, -0.1) is 10.2 Å². The molecule has 134 valence electrons. The minimum absolute atomic E-state index is 0.0342. The number of nitrogens with one attached hydrogen (secondary N) is 1. The maximum absolute atomic E-state index is 12.1. The van der Waals surface area contributed by atoms with Crippen LogP contribution in [0.4, 0.5) is 5.69 Å². The molecule has 0 radical (unpaired) electrons. The molecule has 0 aliphatic carbocycles. The highest BCUT2D eigenvalue weighted by atomic mass is 35.5. The SMILES string of the molecule is O=C(CSc1nnc(-c2cccc(Cl)c2)o1)Nc1c(Cl)cc(Cl)cc1Cl. The van der Waals surface area contributed by atoms with E-state index >= 15 is 0 Å². The van der Waals surface area contributed by atoms with E-state index in [4.69, 9.17) is 50.8 Å². The summed E-state index contributed by atoms with van der Waals surface area (Å²) in [6.45, 7) is 0. The van der Waals surface area contributed by atoms with Crippen molar-refractivity contribution in [1.82, 2.24) is 10.2 Å². The molecule has 0 atom stereocenters. The molecule has 26 heavy (non-hydrogen) atoms. The topological polar surface area (TPSA) is 68.0 Å². The van der Waals surface area contributed by atoms with Crippen LogP contribution in [-0.4, -0.2) is 21.9 Å². The minimum Gasteiger partial charge on any atom is -0.411 e. The zero-order chi connectivity index (χ0) is 18.7. The van der Waals surface area contributed by atoms with Gasteiger partial charge in [0.1, 0.15) is 0 Å². The zero-order valence-corrected chi connectivity index (χ0v) is 16.6. The van der Waals surface area contributed by atoms with Crippen LogP contribution in [0.3, 0.4) is 0 Å². The van der Waals surface area contributed by atoms with Gasteiger partial charge in [0.2, 0.25) is 11.8 Å². The largest absolute Gasteiger partial charge is 0.411 e. The monoisotopic (exact) mass is 447 g/mol. The van der Waals surface area contributed by atoms with E-state index in [1.807, 2.05) is 0 Å². The van der Waals surface area contributed by atoms with E-state index in [1.165, 1.54) is 12.1 Å². The smallest absolute Gasteiger partial charge is 0.277 e. The first-order valence-corrected chi connectivity index (χ1v) is 9.59. The summed E-state index contributed by atoms with van der Waals surface area (Å²) in [4.78, 5) is 12.1. The number of carbonyl (C=O) groups is 1. The average molecular weight is 449 g/mol. The molecule has 0 aliphatic heterocycles. The summed E-state index contributed by atoms with van der Waals surface area (Å²) in [6, 6.07) is 10.0. The lowest BCUT2D eigenvalue weighted by Crippen LogP contribution is -2.14. The van der Waals surface area contributed by atoms with Gasteiger partial charge in [0.25, 0.3) is 5.22 Å². The van der Waals surface area contributed by atoms with Crippen molar-refractivity contribution in [2.45, 2.75) is 5.22 Å². The second kappa shape index (κ2) is 8.50.